The van der Waals surface area contributed by atoms with Gasteiger partial charge in [-0.1, -0.05) is 17.7 Å². The van der Waals surface area contributed by atoms with Crippen molar-refractivity contribution in [3.8, 4) is 16.9 Å². The third-order valence-corrected chi connectivity index (χ3v) is 10.2. The van der Waals surface area contributed by atoms with Crippen molar-refractivity contribution >= 4 is 50.8 Å². The van der Waals surface area contributed by atoms with Gasteiger partial charge in [0.1, 0.15) is 33.6 Å². The summed E-state index contributed by atoms with van der Waals surface area (Å²) in [5.74, 6) is -1.45. The molecule has 2 heterocycles. The van der Waals surface area contributed by atoms with E-state index in [2.05, 4.69) is 4.98 Å². The van der Waals surface area contributed by atoms with Gasteiger partial charge in [0, 0.05) is 44.4 Å². The number of methoxy groups -OCH3 is 1. The summed E-state index contributed by atoms with van der Waals surface area (Å²) >= 11 is 7.44. The Kier molecular flexibility index (Phi) is 10.4. The number of thiophene rings is 1. The van der Waals surface area contributed by atoms with Crippen molar-refractivity contribution < 1.29 is 32.6 Å². The summed E-state index contributed by atoms with van der Waals surface area (Å²) in [5.41, 5.74) is 1.93. The Labute approximate surface area is 287 Å². The summed E-state index contributed by atoms with van der Waals surface area (Å²) < 4.78 is 40.8. The van der Waals surface area contributed by atoms with Crippen molar-refractivity contribution in [1.82, 2.24) is 14.8 Å². The lowest BCUT2D eigenvalue weighted by molar-refractivity contribution is 0.0144. The second-order valence-electron chi connectivity index (χ2n) is 13.0. The van der Waals surface area contributed by atoms with E-state index in [-0.39, 0.29) is 44.4 Å². The molecular weight excluding hydrogens is 660 g/mol. The predicted molar refractivity (Wildman–Crippen MR) is 183 cm³/mol. The Morgan fingerprint density at radius 3 is 2.25 bits per heavy atom. The molecule has 0 N–H and O–H groups in total. The van der Waals surface area contributed by atoms with E-state index in [1.165, 1.54) is 14.0 Å². The molecule has 4 aromatic rings. The molecule has 2 aromatic carbocycles. The van der Waals surface area contributed by atoms with Crippen LogP contribution in [-0.2, 0) is 11.3 Å². The number of nitrogens with zero attached hydrogens (tertiary/aromatic N) is 3. The Morgan fingerprint density at radius 1 is 0.979 bits per heavy atom. The van der Waals surface area contributed by atoms with E-state index in [0.717, 1.165) is 34.6 Å². The summed E-state index contributed by atoms with van der Waals surface area (Å²) in [5, 5.41) is -0.249. The van der Waals surface area contributed by atoms with Crippen molar-refractivity contribution in [2.75, 3.05) is 14.2 Å². The van der Waals surface area contributed by atoms with E-state index in [1.807, 2.05) is 32.9 Å². The number of halogens is 3. The zero-order valence-corrected chi connectivity index (χ0v) is 29.3. The summed E-state index contributed by atoms with van der Waals surface area (Å²) in [6.45, 7) is 7.00. The first kappa shape index (κ1) is 35.2. The van der Waals surface area contributed by atoms with Crippen LogP contribution < -0.4 is 4.74 Å². The second-order valence-corrected chi connectivity index (χ2v) is 14.4. The number of Topliss-reactive ketones (excluding diaryl/α,β-unsaturated/α-hetero) is 1. The third kappa shape index (κ3) is 7.47. The van der Waals surface area contributed by atoms with E-state index >= 15 is 0 Å². The first-order chi connectivity index (χ1) is 22.7. The minimum absolute atomic E-state index is 0.0236. The lowest BCUT2D eigenvalue weighted by atomic mass is 9.89. The van der Waals surface area contributed by atoms with Crippen LogP contribution in [0.25, 0.3) is 21.2 Å². The minimum Gasteiger partial charge on any atom is -0.496 e. The number of pyridine rings is 1. The Hall–Kier alpha value is -4.09. The average Bonchev–Trinajstić information content (AvgIpc) is 3.42. The molecule has 5 rings (SSSR count). The fraction of sp³-hybridized carbons (Fsp3) is 0.389. The van der Waals surface area contributed by atoms with Gasteiger partial charge in [0.25, 0.3) is 5.91 Å². The molecule has 1 aliphatic rings. The fourth-order valence-corrected chi connectivity index (χ4v) is 7.55. The van der Waals surface area contributed by atoms with Gasteiger partial charge in [-0.2, -0.15) is 0 Å². The molecule has 0 radical (unpaired) electrons. The zero-order chi connectivity index (χ0) is 34.9. The Bertz CT molecular complexity index is 1870. The molecule has 0 atom stereocenters. The monoisotopic (exact) mass is 697 g/mol. The number of benzene rings is 2. The van der Waals surface area contributed by atoms with Gasteiger partial charge >= 0.3 is 6.09 Å². The predicted octanol–water partition coefficient (Wildman–Crippen LogP) is 8.93. The number of ether oxygens (including phenoxy) is 2. The molecule has 254 valence electrons. The molecule has 8 nitrogen and oxygen atoms in total. The maximum absolute atomic E-state index is 14.8. The van der Waals surface area contributed by atoms with Gasteiger partial charge in [0.2, 0.25) is 0 Å². The summed E-state index contributed by atoms with van der Waals surface area (Å²) in [6, 6.07) is 10.7. The molecule has 12 heteroatoms. The van der Waals surface area contributed by atoms with Crippen LogP contribution in [0.3, 0.4) is 0 Å². The normalized spacial score (nSPS) is 16.4. The van der Waals surface area contributed by atoms with Crippen LogP contribution in [0.1, 0.15) is 79.1 Å². The molecule has 1 saturated carbocycles. The van der Waals surface area contributed by atoms with Crippen molar-refractivity contribution in [2.24, 2.45) is 0 Å². The largest absolute Gasteiger partial charge is 0.496 e. The number of fused-ring (bicyclic) bond motifs is 1. The van der Waals surface area contributed by atoms with Gasteiger partial charge in [-0.25, -0.2) is 13.6 Å². The molecule has 2 amide bonds. The number of carbonyl (C=O) groups excluding carboxylic acids is 3. The lowest BCUT2D eigenvalue weighted by Gasteiger charge is -2.40. The van der Waals surface area contributed by atoms with Gasteiger partial charge in [0.15, 0.2) is 5.78 Å². The van der Waals surface area contributed by atoms with E-state index in [0.29, 0.717) is 42.7 Å². The minimum atomic E-state index is -0.708. The van der Waals surface area contributed by atoms with Gasteiger partial charge in [-0.3, -0.25) is 14.6 Å². The molecule has 48 heavy (non-hydrogen) atoms. The quantitative estimate of drug-likeness (QED) is 0.171. The molecule has 0 saturated heterocycles. The Balaban J connectivity index is 1.51. The number of aromatic nitrogens is 1. The highest BCUT2D eigenvalue weighted by Gasteiger charge is 2.35. The van der Waals surface area contributed by atoms with Crippen molar-refractivity contribution in [1.29, 1.82) is 0 Å². The molecule has 1 fully saturated rings. The van der Waals surface area contributed by atoms with Gasteiger partial charge < -0.3 is 19.3 Å². The molecule has 0 spiro atoms. The summed E-state index contributed by atoms with van der Waals surface area (Å²) in [6.07, 6.45) is 3.49. The second kappa shape index (κ2) is 14.2. The van der Waals surface area contributed by atoms with Crippen molar-refractivity contribution in [3.63, 3.8) is 0 Å². The van der Waals surface area contributed by atoms with Crippen LogP contribution in [0, 0.1) is 11.6 Å². The molecule has 1 aliphatic carbocycles. The first-order valence-electron chi connectivity index (χ1n) is 15.7. The highest BCUT2D eigenvalue weighted by atomic mass is 35.5. The van der Waals surface area contributed by atoms with Crippen molar-refractivity contribution in [2.45, 2.75) is 77.6 Å². The van der Waals surface area contributed by atoms with E-state index in [4.69, 9.17) is 21.1 Å². The maximum Gasteiger partial charge on any atom is 0.410 e. The topological polar surface area (TPSA) is 89.0 Å². The number of hydrogen-bond acceptors (Lipinski definition) is 7. The van der Waals surface area contributed by atoms with Crippen LogP contribution >= 0.6 is 22.9 Å². The summed E-state index contributed by atoms with van der Waals surface area (Å²) in [7, 11) is 3.26. The van der Waals surface area contributed by atoms with Gasteiger partial charge in [0.05, 0.1) is 22.2 Å². The van der Waals surface area contributed by atoms with Crippen LogP contribution in [0.5, 0.6) is 5.75 Å². The highest BCUT2D eigenvalue weighted by Crippen LogP contribution is 2.41. The highest BCUT2D eigenvalue weighted by molar-refractivity contribution is 7.21. The van der Waals surface area contributed by atoms with E-state index in [9.17, 15) is 23.2 Å². The number of ketones is 1. The van der Waals surface area contributed by atoms with Crippen molar-refractivity contribution in [3.05, 3.63) is 81.5 Å². The van der Waals surface area contributed by atoms with Crippen LogP contribution in [0.15, 0.2) is 48.7 Å². The number of rotatable bonds is 8. The zero-order valence-electron chi connectivity index (χ0n) is 27.7. The molecule has 0 unspecified atom stereocenters. The van der Waals surface area contributed by atoms with Gasteiger partial charge in [-0.05, 0) is 94.0 Å². The smallest absolute Gasteiger partial charge is 0.410 e. The van der Waals surface area contributed by atoms with Crippen LogP contribution in [0.4, 0.5) is 13.6 Å². The van der Waals surface area contributed by atoms with Gasteiger partial charge in [-0.15, -0.1) is 11.3 Å². The average molecular weight is 698 g/mol. The lowest BCUT2D eigenvalue weighted by Crippen LogP contribution is -2.47. The van der Waals surface area contributed by atoms with E-state index < -0.39 is 29.2 Å². The maximum atomic E-state index is 14.8. The standard InChI is InChI=1S/C36H38ClF2N3O5S/c1-20(43)28-18-22(15-16-40-28)21-7-14-29(46-6)23(17-21)19-42(25-10-8-24(9-11-25)41(5)35(45)47-36(2,3)4)34(44)33-31(37)30-26(38)12-13-27(39)32(30)48-33/h7,12-18,24-25H,8-11,19H2,1-6H3/t24-,25-. The number of hydrogen-bond donors (Lipinski definition) is 0. The Morgan fingerprint density at radius 2 is 1.62 bits per heavy atom. The molecule has 2 aromatic heterocycles. The summed E-state index contributed by atoms with van der Waals surface area (Å²) in [4.78, 5) is 46.7. The molecular formula is C36H38ClF2N3O5S. The number of amides is 2. The fourth-order valence-electron chi connectivity index (χ4n) is 6.04. The van der Waals surface area contributed by atoms with E-state index in [1.54, 1.807) is 41.2 Å². The molecule has 0 aliphatic heterocycles. The number of carbonyl (C=O) groups is 3. The SMILES string of the molecule is COc1ccc(-c2ccnc(C(C)=O)c2)cc1CN(C(=O)c1sc2c(F)ccc(F)c2c1Cl)[C@H]1CC[C@H](N(C)C(=O)OC(C)(C)C)CC1. The molecule has 0 bridgehead atoms. The van der Waals surface area contributed by atoms with Crippen LogP contribution in [-0.4, -0.2) is 64.4 Å². The van der Waals surface area contributed by atoms with Crippen LogP contribution in [0.2, 0.25) is 5.02 Å². The third-order valence-electron chi connectivity index (χ3n) is 8.55. The first-order valence-corrected chi connectivity index (χ1v) is 16.8.